The number of nitriles is 1. The zero-order chi connectivity index (χ0) is 20.0. The summed E-state index contributed by atoms with van der Waals surface area (Å²) in [4.78, 5) is 11.7. The van der Waals surface area contributed by atoms with Crippen LogP contribution in [-0.4, -0.2) is 12.2 Å². The molecule has 0 amide bonds. The van der Waals surface area contributed by atoms with Gasteiger partial charge in [0.15, 0.2) is 0 Å². The van der Waals surface area contributed by atoms with Crippen LogP contribution in [0, 0.1) is 18.3 Å². The molecule has 1 unspecified atom stereocenters. The Kier molecular flexibility index (Phi) is 3.97. The van der Waals surface area contributed by atoms with E-state index in [1.165, 1.54) is 12.1 Å². The molecule has 1 aromatic heterocycles. The molecule has 3 aromatic rings. The molecule has 0 fully saturated rings. The summed E-state index contributed by atoms with van der Waals surface area (Å²) in [5, 5.41) is 20.9. The fourth-order valence-electron chi connectivity index (χ4n) is 3.56. The molecule has 2 aromatic carbocycles. The zero-order valence-electron chi connectivity index (χ0n) is 15.1. The number of nitrogens with two attached hydrogens (primary N) is 1. The maximum absolute atomic E-state index is 11.7. The van der Waals surface area contributed by atoms with Crippen molar-refractivity contribution in [1.82, 2.24) is 0 Å². The highest BCUT2D eigenvalue weighted by molar-refractivity contribution is 5.91. The summed E-state index contributed by atoms with van der Waals surface area (Å²) in [7, 11) is 1.56. The summed E-state index contributed by atoms with van der Waals surface area (Å²) >= 11 is 0. The number of ether oxygens (including phenoxy) is 2. The van der Waals surface area contributed by atoms with E-state index in [9.17, 15) is 15.2 Å². The lowest BCUT2D eigenvalue weighted by molar-refractivity contribution is 0.385. The van der Waals surface area contributed by atoms with Crippen LogP contribution in [0.1, 0.15) is 22.6 Å². The average Bonchev–Trinajstić information content (AvgIpc) is 2.66. The van der Waals surface area contributed by atoms with E-state index in [4.69, 9.17) is 19.6 Å². The molecule has 0 aliphatic carbocycles. The number of aryl methyl sites for hydroxylation is 1. The Balaban J connectivity index is 2.06. The highest BCUT2D eigenvalue weighted by Gasteiger charge is 2.35. The van der Waals surface area contributed by atoms with E-state index >= 15 is 0 Å². The number of phenolic OH excluding ortho intramolecular Hbond substituents is 1. The molecule has 4 rings (SSSR count). The second-order valence-corrected chi connectivity index (χ2v) is 6.46. The zero-order valence-corrected chi connectivity index (χ0v) is 15.1. The molecule has 0 bridgehead atoms. The second kappa shape index (κ2) is 6.35. The molecule has 28 heavy (non-hydrogen) atoms. The van der Waals surface area contributed by atoms with E-state index in [-0.39, 0.29) is 28.5 Å². The largest absolute Gasteiger partial charge is 0.507 e. The third-order valence-corrected chi connectivity index (χ3v) is 4.83. The van der Waals surface area contributed by atoms with Gasteiger partial charge in [0, 0.05) is 12.1 Å². The van der Waals surface area contributed by atoms with Gasteiger partial charge in [0.05, 0.1) is 24.0 Å². The predicted molar refractivity (Wildman–Crippen MR) is 101 cm³/mol. The number of hydrogen-bond acceptors (Lipinski definition) is 7. The van der Waals surface area contributed by atoms with E-state index in [1.807, 2.05) is 0 Å². The Morgan fingerprint density at radius 3 is 2.61 bits per heavy atom. The molecule has 0 spiro atoms. The minimum absolute atomic E-state index is 0.0617. The number of methoxy groups -OCH3 is 1. The normalized spacial score (nSPS) is 15.7. The molecule has 2 heterocycles. The van der Waals surface area contributed by atoms with Crippen molar-refractivity contribution in [1.29, 1.82) is 5.26 Å². The van der Waals surface area contributed by atoms with Crippen LogP contribution in [0.25, 0.3) is 11.0 Å². The Morgan fingerprint density at radius 2 is 1.96 bits per heavy atom. The van der Waals surface area contributed by atoms with Gasteiger partial charge in [0.25, 0.3) is 0 Å². The number of benzene rings is 2. The monoisotopic (exact) mass is 376 g/mol. The fourth-order valence-corrected chi connectivity index (χ4v) is 3.56. The first-order valence-corrected chi connectivity index (χ1v) is 8.46. The molecule has 0 saturated heterocycles. The fraction of sp³-hybridized carbons (Fsp3) is 0.143. The van der Waals surface area contributed by atoms with Gasteiger partial charge >= 0.3 is 5.63 Å². The van der Waals surface area contributed by atoms with Gasteiger partial charge in [-0.1, -0.05) is 12.1 Å². The van der Waals surface area contributed by atoms with Crippen LogP contribution < -0.4 is 20.8 Å². The van der Waals surface area contributed by atoms with Gasteiger partial charge in [-0.3, -0.25) is 0 Å². The van der Waals surface area contributed by atoms with Crippen molar-refractivity contribution >= 4 is 11.0 Å². The molecule has 1 aliphatic rings. The molecule has 0 radical (unpaired) electrons. The summed E-state index contributed by atoms with van der Waals surface area (Å²) in [6.07, 6.45) is 0. The maximum Gasteiger partial charge on any atom is 0.336 e. The number of aromatic hydroxyl groups is 1. The molecule has 3 N–H and O–H groups in total. The maximum atomic E-state index is 11.7. The average molecular weight is 376 g/mol. The van der Waals surface area contributed by atoms with Crippen LogP contribution in [0.2, 0.25) is 0 Å². The highest BCUT2D eigenvalue weighted by atomic mass is 16.5. The number of phenols is 1. The highest BCUT2D eigenvalue weighted by Crippen LogP contribution is 2.50. The van der Waals surface area contributed by atoms with Crippen molar-refractivity contribution in [3.63, 3.8) is 0 Å². The van der Waals surface area contributed by atoms with Gasteiger partial charge in [-0.15, -0.1) is 0 Å². The van der Waals surface area contributed by atoms with E-state index < -0.39 is 11.5 Å². The number of fused-ring (bicyclic) bond motifs is 3. The van der Waals surface area contributed by atoms with Crippen LogP contribution in [0.15, 0.2) is 57.1 Å². The van der Waals surface area contributed by atoms with Crippen LogP contribution >= 0.6 is 0 Å². The summed E-state index contributed by atoms with van der Waals surface area (Å²) in [5.74, 6) is 0.0708. The van der Waals surface area contributed by atoms with Crippen molar-refractivity contribution in [3.05, 3.63) is 75.0 Å². The van der Waals surface area contributed by atoms with Crippen LogP contribution in [0.3, 0.4) is 0 Å². The molecule has 140 valence electrons. The molecular weight excluding hydrogens is 360 g/mol. The van der Waals surface area contributed by atoms with Crippen molar-refractivity contribution in [2.75, 3.05) is 7.11 Å². The lowest BCUT2D eigenvalue weighted by Crippen LogP contribution is -2.21. The number of nitrogens with zero attached hydrogens (tertiary/aromatic N) is 1. The standard InChI is InChI=1S/C21H16N2O5/c1-10-7-16(25)27-15-8-14(24)19-18(11-3-5-12(26-2)6-4-11)13(9-22)21(23)28-20(19)17(10)15/h3-8,18,24H,23H2,1-2H3. The first-order chi connectivity index (χ1) is 13.4. The Morgan fingerprint density at radius 1 is 1.25 bits per heavy atom. The van der Waals surface area contributed by atoms with Crippen LogP contribution in [0.4, 0.5) is 0 Å². The lowest BCUT2D eigenvalue weighted by Gasteiger charge is -2.28. The minimum Gasteiger partial charge on any atom is -0.507 e. The van der Waals surface area contributed by atoms with Crippen molar-refractivity contribution in [3.8, 4) is 23.3 Å². The summed E-state index contributed by atoms with van der Waals surface area (Å²) < 4.78 is 16.1. The van der Waals surface area contributed by atoms with Crippen LogP contribution in [-0.2, 0) is 0 Å². The number of allylic oxidation sites excluding steroid dienone is 1. The molecular formula is C21H16N2O5. The summed E-state index contributed by atoms with van der Waals surface area (Å²) in [6, 6.07) is 11.9. The van der Waals surface area contributed by atoms with E-state index in [2.05, 4.69) is 6.07 Å². The van der Waals surface area contributed by atoms with E-state index in [0.717, 1.165) is 5.56 Å². The Bertz CT molecular complexity index is 1230. The van der Waals surface area contributed by atoms with Gasteiger partial charge < -0.3 is 24.7 Å². The van der Waals surface area contributed by atoms with Gasteiger partial charge in [-0.05, 0) is 30.2 Å². The van der Waals surface area contributed by atoms with Crippen molar-refractivity contribution < 1.29 is 19.0 Å². The van der Waals surface area contributed by atoms with Gasteiger partial charge in [-0.25, -0.2) is 4.79 Å². The van der Waals surface area contributed by atoms with Gasteiger partial charge in [-0.2, -0.15) is 5.26 Å². The first kappa shape index (κ1) is 17.5. The van der Waals surface area contributed by atoms with Gasteiger partial charge in [0.1, 0.15) is 34.5 Å². The molecule has 7 nitrogen and oxygen atoms in total. The number of hydrogen-bond donors (Lipinski definition) is 2. The topological polar surface area (TPSA) is 119 Å². The predicted octanol–water partition coefficient (Wildman–Crippen LogP) is 3.03. The molecule has 1 atom stereocenters. The van der Waals surface area contributed by atoms with Crippen LogP contribution in [0.5, 0.6) is 17.2 Å². The third kappa shape index (κ3) is 2.55. The number of rotatable bonds is 2. The quantitative estimate of drug-likeness (QED) is 0.660. The second-order valence-electron chi connectivity index (χ2n) is 6.46. The summed E-state index contributed by atoms with van der Waals surface area (Å²) in [6.45, 7) is 1.74. The van der Waals surface area contributed by atoms with Crippen molar-refractivity contribution in [2.24, 2.45) is 5.73 Å². The SMILES string of the molecule is COc1ccc(C2C(C#N)=C(N)Oc3c2c(O)cc2oc(=O)cc(C)c32)cc1. The van der Waals surface area contributed by atoms with Crippen molar-refractivity contribution in [2.45, 2.75) is 12.8 Å². The molecule has 0 saturated carbocycles. The Hall–Kier alpha value is -3.92. The minimum atomic E-state index is -0.643. The smallest absolute Gasteiger partial charge is 0.336 e. The Labute approximate surface area is 159 Å². The summed E-state index contributed by atoms with van der Waals surface area (Å²) in [5.41, 5.74) is 7.61. The molecule has 7 heteroatoms. The lowest BCUT2D eigenvalue weighted by atomic mass is 9.82. The van der Waals surface area contributed by atoms with E-state index in [1.54, 1.807) is 38.3 Å². The van der Waals surface area contributed by atoms with E-state index in [0.29, 0.717) is 22.3 Å². The van der Waals surface area contributed by atoms with Gasteiger partial charge in [0.2, 0.25) is 5.88 Å². The first-order valence-electron chi connectivity index (χ1n) is 8.46. The molecule has 1 aliphatic heterocycles. The third-order valence-electron chi connectivity index (χ3n) is 4.83.